The van der Waals surface area contributed by atoms with Crippen molar-refractivity contribution in [2.75, 3.05) is 18.4 Å². The zero-order valence-electron chi connectivity index (χ0n) is 15.6. The Morgan fingerprint density at radius 2 is 1.96 bits per heavy atom. The van der Waals surface area contributed by atoms with E-state index in [0.29, 0.717) is 17.1 Å². The van der Waals surface area contributed by atoms with Crippen molar-refractivity contribution in [2.45, 2.75) is 26.2 Å². The topological polar surface area (TPSA) is 45.2 Å². The van der Waals surface area contributed by atoms with Crippen molar-refractivity contribution in [3.8, 4) is 0 Å². The molecule has 1 fully saturated rings. The molecule has 6 heteroatoms. The van der Waals surface area contributed by atoms with Gasteiger partial charge in [0.15, 0.2) is 0 Å². The predicted molar refractivity (Wildman–Crippen MR) is 111 cm³/mol. The first-order valence-electron chi connectivity index (χ1n) is 9.44. The van der Waals surface area contributed by atoms with Crippen molar-refractivity contribution in [1.29, 1.82) is 0 Å². The summed E-state index contributed by atoms with van der Waals surface area (Å²) in [5, 5.41) is 4.99. The molecule has 0 unspecified atom stereocenters. The third-order valence-electron chi connectivity index (χ3n) is 5.18. The number of benzene rings is 2. The number of amides is 1. The van der Waals surface area contributed by atoms with Gasteiger partial charge in [-0.1, -0.05) is 29.8 Å². The van der Waals surface area contributed by atoms with Crippen LogP contribution >= 0.6 is 11.6 Å². The van der Waals surface area contributed by atoms with E-state index in [-0.39, 0.29) is 10.9 Å². The van der Waals surface area contributed by atoms with Crippen molar-refractivity contribution >= 4 is 39.8 Å². The second-order valence-corrected chi connectivity index (χ2v) is 7.53. The number of halogens is 2. The van der Waals surface area contributed by atoms with E-state index in [1.165, 1.54) is 18.6 Å². The highest BCUT2D eigenvalue weighted by Gasteiger charge is 2.22. The Morgan fingerprint density at radius 3 is 2.71 bits per heavy atom. The third kappa shape index (κ3) is 3.54. The molecule has 4 rings (SSSR count). The Kier molecular flexibility index (Phi) is 5.18. The van der Waals surface area contributed by atoms with Crippen molar-refractivity contribution in [3.63, 3.8) is 0 Å². The highest BCUT2D eigenvalue weighted by Crippen LogP contribution is 2.31. The maximum atomic E-state index is 13.4. The molecule has 4 nitrogen and oxygen atoms in total. The summed E-state index contributed by atoms with van der Waals surface area (Å²) in [6.07, 6.45) is 4.90. The van der Waals surface area contributed by atoms with Crippen molar-refractivity contribution in [2.24, 2.45) is 0 Å². The lowest BCUT2D eigenvalue weighted by Crippen LogP contribution is -2.35. The number of fused-ring (bicyclic) bond motifs is 1. The molecule has 1 aliphatic rings. The summed E-state index contributed by atoms with van der Waals surface area (Å²) in [5.41, 5.74) is 2.27. The van der Waals surface area contributed by atoms with E-state index < -0.39 is 5.82 Å². The molecule has 1 aromatic heterocycles. The molecule has 0 atom stereocenters. The quantitative estimate of drug-likeness (QED) is 0.616. The van der Waals surface area contributed by atoms with E-state index in [9.17, 15) is 9.18 Å². The molecule has 1 aliphatic heterocycles. The molecule has 0 radical (unpaired) electrons. The molecule has 28 heavy (non-hydrogen) atoms. The van der Waals surface area contributed by atoms with Crippen LogP contribution in [0.5, 0.6) is 0 Å². The van der Waals surface area contributed by atoms with Gasteiger partial charge < -0.3 is 10.2 Å². The summed E-state index contributed by atoms with van der Waals surface area (Å²) in [4.78, 5) is 19.6. The highest BCUT2D eigenvalue weighted by molar-refractivity contribution is 6.31. The first-order valence-corrected chi connectivity index (χ1v) is 9.82. The predicted octanol–water partition coefficient (Wildman–Crippen LogP) is 5.71. The molecule has 1 amide bonds. The minimum absolute atomic E-state index is 0.0304. The maximum absolute atomic E-state index is 13.4. The number of rotatable bonds is 3. The molecule has 144 valence electrons. The van der Waals surface area contributed by atoms with Gasteiger partial charge in [-0.2, -0.15) is 0 Å². The summed E-state index contributed by atoms with van der Waals surface area (Å²) in [5.74, 6) is 0.169. The number of hydrogen-bond acceptors (Lipinski definition) is 3. The zero-order valence-corrected chi connectivity index (χ0v) is 16.4. The Hall–Kier alpha value is -2.66. The minimum atomic E-state index is -0.469. The monoisotopic (exact) mass is 397 g/mol. The Morgan fingerprint density at radius 1 is 1.18 bits per heavy atom. The average Bonchev–Trinajstić information content (AvgIpc) is 2.71. The fourth-order valence-corrected chi connectivity index (χ4v) is 3.91. The van der Waals surface area contributed by atoms with E-state index in [4.69, 9.17) is 11.6 Å². The number of nitrogens with one attached hydrogen (secondary N) is 1. The van der Waals surface area contributed by atoms with Crippen LogP contribution in [-0.4, -0.2) is 28.9 Å². The second-order valence-electron chi connectivity index (χ2n) is 7.12. The fraction of sp³-hybridized carbons (Fsp3) is 0.273. The van der Waals surface area contributed by atoms with Crippen LogP contribution in [0.1, 0.15) is 35.2 Å². The van der Waals surface area contributed by atoms with Gasteiger partial charge in [0.25, 0.3) is 5.91 Å². The van der Waals surface area contributed by atoms with Crippen LogP contribution in [0.3, 0.4) is 0 Å². The summed E-state index contributed by atoms with van der Waals surface area (Å²) in [6, 6.07) is 10.3. The Bertz CT molecular complexity index is 1050. The summed E-state index contributed by atoms with van der Waals surface area (Å²) in [7, 11) is 0. The lowest BCUT2D eigenvalue weighted by Gasteiger charge is -2.27. The van der Waals surface area contributed by atoms with Crippen molar-refractivity contribution in [1.82, 2.24) is 9.88 Å². The van der Waals surface area contributed by atoms with Crippen LogP contribution in [0.4, 0.5) is 15.9 Å². The standard InChI is InChI=1S/C22H21ClFN3O/c1-14-6-5-7-16-20(14)17(22(28)27-10-3-2-4-11-27)13-25-21(16)26-15-8-9-19(24)18(23)12-15/h5-9,12-13H,2-4,10-11H2,1H3,(H,25,26). The molecular weight excluding hydrogens is 377 g/mol. The molecule has 3 aromatic rings. The maximum Gasteiger partial charge on any atom is 0.256 e. The molecule has 0 saturated carbocycles. The van der Waals surface area contributed by atoms with E-state index in [1.54, 1.807) is 12.3 Å². The van der Waals surface area contributed by atoms with Gasteiger partial charge >= 0.3 is 0 Å². The lowest BCUT2D eigenvalue weighted by molar-refractivity contribution is 0.0726. The molecule has 0 spiro atoms. The van der Waals surface area contributed by atoms with Crippen LogP contribution in [0.25, 0.3) is 10.8 Å². The van der Waals surface area contributed by atoms with Crippen LogP contribution in [0.2, 0.25) is 5.02 Å². The van der Waals surface area contributed by atoms with Gasteiger partial charge in [-0.15, -0.1) is 0 Å². The Balaban J connectivity index is 1.76. The van der Waals surface area contributed by atoms with Gasteiger partial charge in [0.2, 0.25) is 0 Å². The van der Waals surface area contributed by atoms with Crippen LogP contribution in [0, 0.1) is 12.7 Å². The normalized spacial score (nSPS) is 14.3. The number of hydrogen-bond donors (Lipinski definition) is 1. The number of piperidine rings is 1. The van der Waals surface area contributed by atoms with Gasteiger partial charge in [-0.05, 0) is 49.9 Å². The van der Waals surface area contributed by atoms with Gasteiger partial charge in [-0.3, -0.25) is 4.79 Å². The van der Waals surface area contributed by atoms with E-state index >= 15 is 0 Å². The number of pyridine rings is 1. The van der Waals surface area contributed by atoms with E-state index in [2.05, 4.69) is 10.3 Å². The summed E-state index contributed by atoms with van der Waals surface area (Å²) in [6.45, 7) is 3.58. The van der Waals surface area contributed by atoms with Crippen molar-refractivity contribution in [3.05, 3.63) is 64.6 Å². The molecule has 1 N–H and O–H groups in total. The van der Waals surface area contributed by atoms with Gasteiger partial charge in [0.05, 0.1) is 10.6 Å². The molecule has 0 aliphatic carbocycles. The number of anilines is 2. The lowest BCUT2D eigenvalue weighted by atomic mass is 10.00. The number of aryl methyl sites for hydroxylation is 1. The van der Waals surface area contributed by atoms with Gasteiger partial charge in [0, 0.05) is 35.7 Å². The number of likely N-dealkylation sites (tertiary alicyclic amines) is 1. The summed E-state index contributed by atoms with van der Waals surface area (Å²) >= 11 is 5.89. The van der Waals surface area contributed by atoms with Gasteiger partial charge in [0.1, 0.15) is 11.6 Å². The smallest absolute Gasteiger partial charge is 0.256 e. The van der Waals surface area contributed by atoms with E-state index in [0.717, 1.165) is 42.3 Å². The molecule has 2 aromatic carbocycles. The number of aromatic nitrogens is 1. The third-order valence-corrected chi connectivity index (χ3v) is 5.47. The van der Waals surface area contributed by atoms with Gasteiger partial charge in [-0.25, -0.2) is 9.37 Å². The van der Waals surface area contributed by atoms with Crippen LogP contribution in [0.15, 0.2) is 42.6 Å². The first kappa shape index (κ1) is 18.7. The molecular formula is C22H21ClFN3O. The molecule has 2 heterocycles. The van der Waals surface area contributed by atoms with Crippen molar-refractivity contribution < 1.29 is 9.18 Å². The summed E-state index contributed by atoms with van der Waals surface area (Å²) < 4.78 is 13.4. The van der Waals surface area contributed by atoms with Crippen LogP contribution in [-0.2, 0) is 0 Å². The second kappa shape index (κ2) is 7.76. The average molecular weight is 398 g/mol. The minimum Gasteiger partial charge on any atom is -0.340 e. The fourth-order valence-electron chi connectivity index (χ4n) is 3.73. The van der Waals surface area contributed by atoms with E-state index in [1.807, 2.05) is 30.0 Å². The largest absolute Gasteiger partial charge is 0.340 e. The van der Waals surface area contributed by atoms with Crippen LogP contribution < -0.4 is 5.32 Å². The molecule has 1 saturated heterocycles. The SMILES string of the molecule is Cc1cccc2c(Nc3ccc(F)c(Cl)c3)ncc(C(=O)N3CCCCC3)c12. The Labute approximate surface area is 168 Å². The molecule has 0 bridgehead atoms. The highest BCUT2D eigenvalue weighted by atomic mass is 35.5. The number of carbonyl (C=O) groups is 1. The number of nitrogens with zero attached hydrogens (tertiary/aromatic N) is 2. The first-order chi connectivity index (χ1) is 13.5. The zero-order chi connectivity index (χ0) is 19.7. The number of carbonyl (C=O) groups excluding carboxylic acids is 1.